The Labute approximate surface area is 134 Å². The minimum Gasteiger partial charge on any atom is -0.347 e. The SMILES string of the molecule is CN(Cc1ccsc1)c1nc(C2CC2)c(CNC2CC2)s1. The van der Waals surface area contributed by atoms with Crippen molar-refractivity contribution in [3.8, 4) is 0 Å². The number of hydrogen-bond acceptors (Lipinski definition) is 5. The van der Waals surface area contributed by atoms with Crippen LogP contribution in [0.1, 0.15) is 47.7 Å². The van der Waals surface area contributed by atoms with Crippen molar-refractivity contribution >= 4 is 27.8 Å². The van der Waals surface area contributed by atoms with Gasteiger partial charge in [0.05, 0.1) is 5.69 Å². The summed E-state index contributed by atoms with van der Waals surface area (Å²) in [5.41, 5.74) is 2.75. The Hall–Kier alpha value is -0.910. The Balaban J connectivity index is 1.49. The fourth-order valence-electron chi connectivity index (χ4n) is 2.56. The third-order valence-corrected chi connectivity index (χ3v) is 6.05. The van der Waals surface area contributed by atoms with Crippen molar-refractivity contribution < 1.29 is 0 Å². The molecule has 112 valence electrons. The molecule has 4 rings (SSSR count). The molecular formula is C16H21N3S2. The highest BCUT2D eigenvalue weighted by Gasteiger charge is 2.31. The molecule has 0 atom stereocenters. The average Bonchev–Trinajstić information content (AvgIpc) is 3.40. The zero-order chi connectivity index (χ0) is 14.2. The molecule has 0 amide bonds. The van der Waals surface area contributed by atoms with Gasteiger partial charge in [-0.05, 0) is 48.1 Å². The number of anilines is 1. The van der Waals surface area contributed by atoms with Crippen LogP contribution >= 0.6 is 22.7 Å². The van der Waals surface area contributed by atoms with Crippen LogP contribution in [0.2, 0.25) is 0 Å². The molecule has 0 saturated heterocycles. The second kappa shape index (κ2) is 5.71. The van der Waals surface area contributed by atoms with E-state index >= 15 is 0 Å². The van der Waals surface area contributed by atoms with Gasteiger partial charge >= 0.3 is 0 Å². The minimum absolute atomic E-state index is 0.737. The zero-order valence-corrected chi connectivity index (χ0v) is 14.0. The molecule has 2 aliphatic carbocycles. The maximum Gasteiger partial charge on any atom is 0.185 e. The third-order valence-electron chi connectivity index (χ3n) is 4.14. The van der Waals surface area contributed by atoms with Crippen molar-refractivity contribution in [1.29, 1.82) is 0 Å². The van der Waals surface area contributed by atoms with Gasteiger partial charge in [0.25, 0.3) is 0 Å². The van der Waals surface area contributed by atoms with Crippen molar-refractivity contribution in [1.82, 2.24) is 10.3 Å². The smallest absolute Gasteiger partial charge is 0.185 e. The topological polar surface area (TPSA) is 28.2 Å². The lowest BCUT2D eigenvalue weighted by Crippen LogP contribution is -2.15. The highest BCUT2D eigenvalue weighted by atomic mass is 32.1. The lowest BCUT2D eigenvalue weighted by molar-refractivity contribution is 0.688. The second-order valence-corrected chi connectivity index (χ2v) is 8.06. The monoisotopic (exact) mass is 319 g/mol. The predicted octanol–water partition coefficient (Wildman–Crippen LogP) is 3.97. The molecule has 2 saturated carbocycles. The number of aromatic nitrogens is 1. The molecule has 0 aliphatic heterocycles. The highest BCUT2D eigenvalue weighted by molar-refractivity contribution is 7.15. The van der Waals surface area contributed by atoms with E-state index in [2.05, 4.69) is 34.1 Å². The molecule has 21 heavy (non-hydrogen) atoms. The first kappa shape index (κ1) is 13.7. The molecule has 2 fully saturated rings. The molecule has 2 aliphatic rings. The van der Waals surface area contributed by atoms with Crippen molar-refractivity contribution in [2.45, 2.75) is 50.7 Å². The van der Waals surface area contributed by atoms with Gasteiger partial charge in [-0.1, -0.05) is 0 Å². The molecular weight excluding hydrogens is 298 g/mol. The summed E-state index contributed by atoms with van der Waals surface area (Å²) < 4.78 is 0. The molecule has 0 unspecified atom stereocenters. The van der Waals surface area contributed by atoms with Gasteiger partial charge in [-0.15, -0.1) is 11.3 Å². The largest absolute Gasteiger partial charge is 0.347 e. The van der Waals surface area contributed by atoms with Crippen LogP contribution in [0.3, 0.4) is 0 Å². The van der Waals surface area contributed by atoms with Crippen LogP contribution in [0.25, 0.3) is 0 Å². The van der Waals surface area contributed by atoms with Gasteiger partial charge in [-0.3, -0.25) is 0 Å². The van der Waals surface area contributed by atoms with E-state index in [0.717, 1.165) is 25.0 Å². The van der Waals surface area contributed by atoms with E-state index in [9.17, 15) is 0 Å². The van der Waals surface area contributed by atoms with Crippen molar-refractivity contribution in [3.63, 3.8) is 0 Å². The lowest BCUT2D eigenvalue weighted by Gasteiger charge is -2.14. The lowest BCUT2D eigenvalue weighted by atomic mass is 10.2. The summed E-state index contributed by atoms with van der Waals surface area (Å²) in [5.74, 6) is 0.737. The highest BCUT2D eigenvalue weighted by Crippen LogP contribution is 2.44. The van der Waals surface area contributed by atoms with Crippen LogP contribution in [-0.4, -0.2) is 18.1 Å². The fourth-order valence-corrected chi connectivity index (χ4v) is 4.28. The van der Waals surface area contributed by atoms with E-state index in [0.29, 0.717) is 0 Å². The second-order valence-electron chi connectivity index (χ2n) is 6.22. The van der Waals surface area contributed by atoms with Crippen molar-refractivity contribution in [3.05, 3.63) is 33.0 Å². The van der Waals surface area contributed by atoms with Crippen LogP contribution < -0.4 is 10.2 Å². The predicted molar refractivity (Wildman–Crippen MR) is 90.4 cm³/mol. The summed E-state index contributed by atoms with van der Waals surface area (Å²) in [6.07, 6.45) is 5.35. The molecule has 2 aromatic heterocycles. The maximum atomic E-state index is 4.96. The Morgan fingerprint density at radius 3 is 2.86 bits per heavy atom. The summed E-state index contributed by atoms with van der Waals surface area (Å²) in [6.45, 7) is 1.97. The van der Waals surface area contributed by atoms with Gasteiger partial charge in [0.1, 0.15) is 0 Å². The molecule has 0 bridgehead atoms. The minimum atomic E-state index is 0.737. The first-order valence-electron chi connectivity index (χ1n) is 7.75. The van der Waals surface area contributed by atoms with Crippen molar-refractivity contribution in [2.24, 2.45) is 0 Å². The maximum absolute atomic E-state index is 4.96. The summed E-state index contributed by atoms with van der Waals surface area (Å²) in [5, 5.41) is 9.19. The normalized spacial score (nSPS) is 18.1. The van der Waals surface area contributed by atoms with E-state index < -0.39 is 0 Å². The Bertz CT molecular complexity index is 597. The van der Waals surface area contributed by atoms with Gasteiger partial charge in [0.2, 0.25) is 0 Å². The molecule has 0 aromatic carbocycles. The number of hydrogen-bond donors (Lipinski definition) is 1. The van der Waals surface area contributed by atoms with Crippen LogP contribution in [0.5, 0.6) is 0 Å². The Morgan fingerprint density at radius 2 is 2.19 bits per heavy atom. The Morgan fingerprint density at radius 1 is 1.33 bits per heavy atom. The van der Waals surface area contributed by atoms with Gasteiger partial charge in [0, 0.05) is 37.0 Å². The number of nitrogens with one attached hydrogen (secondary N) is 1. The molecule has 2 heterocycles. The van der Waals surface area contributed by atoms with Crippen LogP contribution in [0.15, 0.2) is 16.8 Å². The summed E-state index contributed by atoms with van der Waals surface area (Å²) in [4.78, 5) is 8.72. The number of thiophene rings is 1. The van der Waals surface area contributed by atoms with Gasteiger partial charge in [0.15, 0.2) is 5.13 Å². The molecule has 5 heteroatoms. The first-order valence-corrected chi connectivity index (χ1v) is 9.50. The van der Waals surface area contributed by atoms with E-state index in [4.69, 9.17) is 4.98 Å². The third kappa shape index (κ3) is 3.30. The average molecular weight is 319 g/mol. The van der Waals surface area contributed by atoms with Crippen LogP contribution in [0.4, 0.5) is 5.13 Å². The molecule has 1 N–H and O–H groups in total. The number of rotatable bonds is 7. The van der Waals surface area contributed by atoms with E-state index in [1.54, 1.807) is 11.3 Å². The van der Waals surface area contributed by atoms with Gasteiger partial charge in [-0.2, -0.15) is 11.3 Å². The zero-order valence-electron chi connectivity index (χ0n) is 12.3. The van der Waals surface area contributed by atoms with E-state index in [-0.39, 0.29) is 0 Å². The van der Waals surface area contributed by atoms with Crippen LogP contribution in [0, 0.1) is 0 Å². The molecule has 3 nitrogen and oxygen atoms in total. The fraction of sp³-hybridized carbons (Fsp3) is 0.562. The summed E-state index contributed by atoms with van der Waals surface area (Å²) in [6, 6.07) is 2.97. The first-order chi connectivity index (χ1) is 10.3. The van der Waals surface area contributed by atoms with Gasteiger partial charge in [-0.25, -0.2) is 4.98 Å². The molecule has 0 radical (unpaired) electrons. The molecule has 2 aromatic rings. The quantitative estimate of drug-likeness (QED) is 0.837. The number of thiazole rings is 1. The van der Waals surface area contributed by atoms with E-state index in [1.165, 1.54) is 46.9 Å². The van der Waals surface area contributed by atoms with Gasteiger partial charge < -0.3 is 10.2 Å². The van der Waals surface area contributed by atoms with Crippen molar-refractivity contribution in [2.75, 3.05) is 11.9 Å². The molecule has 0 spiro atoms. The van der Waals surface area contributed by atoms with Crippen LogP contribution in [-0.2, 0) is 13.1 Å². The number of nitrogens with zero attached hydrogens (tertiary/aromatic N) is 2. The van der Waals surface area contributed by atoms with E-state index in [1.807, 2.05) is 11.3 Å². The standard InChI is InChI=1S/C16H21N3S2/c1-19(9-11-6-7-20-10-11)16-18-15(12-2-3-12)14(21-16)8-17-13-4-5-13/h6-7,10,12-13,17H,2-5,8-9H2,1H3. The summed E-state index contributed by atoms with van der Waals surface area (Å²) in [7, 11) is 2.16. The summed E-state index contributed by atoms with van der Waals surface area (Å²) >= 11 is 3.65. The Kier molecular flexibility index (Phi) is 3.73.